The molecule has 4 nitrogen and oxygen atoms in total. The molecular formula is C14H19NO3. The normalized spacial score (nSPS) is 19.0. The van der Waals surface area contributed by atoms with Crippen LogP contribution in [0.1, 0.15) is 19.4 Å². The van der Waals surface area contributed by atoms with Crippen molar-refractivity contribution in [3.8, 4) is 5.75 Å². The predicted octanol–water partition coefficient (Wildman–Crippen LogP) is 1.36. The van der Waals surface area contributed by atoms with Gasteiger partial charge in [0.25, 0.3) is 5.91 Å². The lowest BCUT2D eigenvalue weighted by Gasteiger charge is -2.44. The number of carbonyl (C=O) groups is 1. The molecule has 2 rings (SSSR count). The van der Waals surface area contributed by atoms with Crippen LogP contribution in [0.4, 0.5) is 0 Å². The van der Waals surface area contributed by atoms with Gasteiger partial charge in [0.05, 0.1) is 18.7 Å². The Morgan fingerprint density at radius 2 is 2.17 bits per heavy atom. The second kappa shape index (κ2) is 4.61. The van der Waals surface area contributed by atoms with Gasteiger partial charge >= 0.3 is 0 Å². The SMILES string of the molecule is Cc1cccc(OC(C)C(=O)N2CC(C)(O)C2)c1. The molecule has 1 aromatic rings. The van der Waals surface area contributed by atoms with Crippen LogP contribution < -0.4 is 4.74 Å². The monoisotopic (exact) mass is 249 g/mol. The van der Waals surface area contributed by atoms with Crippen LogP contribution in [0, 0.1) is 6.92 Å². The molecule has 4 heteroatoms. The molecule has 98 valence electrons. The van der Waals surface area contributed by atoms with Crippen LogP contribution in [0.3, 0.4) is 0 Å². The zero-order valence-electron chi connectivity index (χ0n) is 11.0. The lowest BCUT2D eigenvalue weighted by atomic mass is 9.96. The number of carbonyl (C=O) groups excluding carboxylic acids is 1. The number of amides is 1. The molecule has 1 aliphatic rings. The number of aliphatic hydroxyl groups is 1. The van der Waals surface area contributed by atoms with Gasteiger partial charge in [0.1, 0.15) is 5.75 Å². The molecule has 1 saturated heterocycles. The summed E-state index contributed by atoms with van der Waals surface area (Å²) in [4.78, 5) is 13.6. The molecule has 1 aromatic carbocycles. The first-order valence-corrected chi connectivity index (χ1v) is 6.12. The molecule has 0 radical (unpaired) electrons. The molecule has 1 aliphatic heterocycles. The molecule has 1 unspecified atom stereocenters. The van der Waals surface area contributed by atoms with Gasteiger partial charge in [0, 0.05) is 0 Å². The van der Waals surface area contributed by atoms with Gasteiger partial charge in [-0.25, -0.2) is 0 Å². The molecular weight excluding hydrogens is 230 g/mol. The van der Waals surface area contributed by atoms with Crippen molar-refractivity contribution in [3.05, 3.63) is 29.8 Å². The van der Waals surface area contributed by atoms with Crippen LogP contribution >= 0.6 is 0 Å². The van der Waals surface area contributed by atoms with Crippen LogP contribution in [0.5, 0.6) is 5.75 Å². The summed E-state index contributed by atoms with van der Waals surface area (Å²) in [7, 11) is 0. The number of hydrogen-bond donors (Lipinski definition) is 1. The van der Waals surface area contributed by atoms with Gasteiger partial charge in [-0.1, -0.05) is 12.1 Å². The van der Waals surface area contributed by atoms with E-state index < -0.39 is 11.7 Å². The highest BCUT2D eigenvalue weighted by Crippen LogP contribution is 2.22. The van der Waals surface area contributed by atoms with Crippen molar-refractivity contribution in [1.82, 2.24) is 4.90 Å². The third-order valence-electron chi connectivity index (χ3n) is 3.02. The Bertz CT molecular complexity index is 448. The molecule has 18 heavy (non-hydrogen) atoms. The van der Waals surface area contributed by atoms with E-state index in [-0.39, 0.29) is 5.91 Å². The Morgan fingerprint density at radius 3 is 2.72 bits per heavy atom. The fraction of sp³-hybridized carbons (Fsp3) is 0.500. The van der Waals surface area contributed by atoms with Gasteiger partial charge in [-0.05, 0) is 38.5 Å². The number of nitrogens with zero attached hydrogens (tertiary/aromatic N) is 1. The van der Waals surface area contributed by atoms with E-state index in [1.54, 1.807) is 18.7 Å². The molecule has 0 saturated carbocycles. The molecule has 0 bridgehead atoms. The highest BCUT2D eigenvalue weighted by Gasteiger charge is 2.41. The third-order valence-corrected chi connectivity index (χ3v) is 3.02. The number of likely N-dealkylation sites (tertiary alicyclic amines) is 1. The molecule has 1 heterocycles. The zero-order chi connectivity index (χ0) is 13.3. The Hall–Kier alpha value is -1.55. The molecule has 0 aliphatic carbocycles. The summed E-state index contributed by atoms with van der Waals surface area (Å²) in [5, 5.41) is 9.61. The third kappa shape index (κ3) is 2.82. The summed E-state index contributed by atoms with van der Waals surface area (Å²) in [5.74, 6) is 0.617. The summed E-state index contributed by atoms with van der Waals surface area (Å²) in [5.41, 5.74) is 0.359. The van der Waals surface area contributed by atoms with Gasteiger partial charge in [-0.3, -0.25) is 4.79 Å². The molecule has 0 aromatic heterocycles. The Balaban J connectivity index is 1.92. The number of hydrogen-bond acceptors (Lipinski definition) is 3. The Morgan fingerprint density at radius 1 is 1.50 bits per heavy atom. The van der Waals surface area contributed by atoms with E-state index in [1.165, 1.54) is 0 Å². The van der Waals surface area contributed by atoms with Gasteiger partial charge < -0.3 is 14.7 Å². The molecule has 0 spiro atoms. The summed E-state index contributed by atoms with van der Waals surface area (Å²) < 4.78 is 5.61. The maximum atomic E-state index is 12.0. The molecule has 1 fully saturated rings. The number of ether oxygens (including phenoxy) is 1. The van der Waals surface area contributed by atoms with Crippen molar-refractivity contribution in [2.24, 2.45) is 0 Å². The van der Waals surface area contributed by atoms with Crippen molar-refractivity contribution in [1.29, 1.82) is 0 Å². The van der Waals surface area contributed by atoms with Crippen LogP contribution in [-0.2, 0) is 4.79 Å². The quantitative estimate of drug-likeness (QED) is 0.880. The smallest absolute Gasteiger partial charge is 0.263 e. The average molecular weight is 249 g/mol. The first-order valence-electron chi connectivity index (χ1n) is 6.12. The van der Waals surface area contributed by atoms with Crippen LogP contribution in [0.2, 0.25) is 0 Å². The summed E-state index contributed by atoms with van der Waals surface area (Å²) >= 11 is 0. The maximum Gasteiger partial charge on any atom is 0.263 e. The van der Waals surface area contributed by atoms with Crippen LogP contribution in [0.25, 0.3) is 0 Å². The molecule has 1 atom stereocenters. The topological polar surface area (TPSA) is 49.8 Å². The Labute approximate surface area is 107 Å². The number of benzene rings is 1. The first kappa shape index (κ1) is 12.9. The van der Waals surface area contributed by atoms with E-state index in [9.17, 15) is 9.90 Å². The summed E-state index contributed by atoms with van der Waals surface area (Å²) in [6, 6.07) is 7.61. The van der Waals surface area contributed by atoms with Crippen molar-refractivity contribution in [2.45, 2.75) is 32.5 Å². The second-order valence-corrected chi connectivity index (χ2v) is 5.27. The first-order chi connectivity index (χ1) is 8.37. The average Bonchev–Trinajstić information content (AvgIpc) is 2.24. The standard InChI is InChI=1S/C14H19NO3/c1-10-5-4-6-12(7-10)18-11(2)13(16)15-8-14(3,17)9-15/h4-7,11,17H,8-9H2,1-3H3. The van der Waals surface area contributed by atoms with Crippen molar-refractivity contribution >= 4 is 5.91 Å². The summed E-state index contributed by atoms with van der Waals surface area (Å²) in [6.45, 7) is 6.20. The van der Waals surface area contributed by atoms with Gasteiger partial charge in [-0.15, -0.1) is 0 Å². The Kier molecular flexibility index (Phi) is 3.30. The number of rotatable bonds is 3. The molecule has 1 amide bonds. The zero-order valence-corrected chi connectivity index (χ0v) is 11.0. The van der Waals surface area contributed by atoms with E-state index in [4.69, 9.17) is 4.74 Å². The largest absolute Gasteiger partial charge is 0.481 e. The maximum absolute atomic E-state index is 12.0. The molecule has 1 N–H and O–H groups in total. The lowest BCUT2D eigenvalue weighted by Crippen LogP contribution is -2.63. The van der Waals surface area contributed by atoms with E-state index in [0.717, 1.165) is 5.56 Å². The van der Waals surface area contributed by atoms with E-state index in [1.807, 2.05) is 31.2 Å². The van der Waals surface area contributed by atoms with Crippen molar-refractivity contribution in [2.75, 3.05) is 13.1 Å². The minimum absolute atomic E-state index is 0.0805. The van der Waals surface area contributed by atoms with Gasteiger partial charge in [-0.2, -0.15) is 0 Å². The van der Waals surface area contributed by atoms with E-state index in [2.05, 4.69) is 0 Å². The second-order valence-electron chi connectivity index (χ2n) is 5.27. The minimum Gasteiger partial charge on any atom is -0.481 e. The van der Waals surface area contributed by atoms with Gasteiger partial charge in [0.15, 0.2) is 6.10 Å². The highest BCUT2D eigenvalue weighted by molar-refractivity contribution is 5.82. The summed E-state index contributed by atoms with van der Waals surface area (Å²) in [6.07, 6.45) is -0.525. The number of β-amino-alcohol motifs (C(OH)–C–C–N with tert-alkyl or cyclic N) is 1. The van der Waals surface area contributed by atoms with Crippen molar-refractivity contribution in [3.63, 3.8) is 0 Å². The lowest BCUT2D eigenvalue weighted by molar-refractivity contribution is -0.158. The van der Waals surface area contributed by atoms with Crippen LogP contribution in [0.15, 0.2) is 24.3 Å². The predicted molar refractivity (Wildman–Crippen MR) is 68.5 cm³/mol. The van der Waals surface area contributed by atoms with Gasteiger partial charge in [0.2, 0.25) is 0 Å². The fourth-order valence-electron chi connectivity index (χ4n) is 2.13. The van der Waals surface area contributed by atoms with E-state index in [0.29, 0.717) is 18.8 Å². The number of aryl methyl sites for hydroxylation is 1. The highest BCUT2D eigenvalue weighted by atomic mass is 16.5. The minimum atomic E-state index is -0.737. The fourth-order valence-corrected chi connectivity index (χ4v) is 2.13. The van der Waals surface area contributed by atoms with E-state index >= 15 is 0 Å². The van der Waals surface area contributed by atoms with Crippen molar-refractivity contribution < 1.29 is 14.6 Å². The van der Waals surface area contributed by atoms with Crippen LogP contribution in [-0.4, -0.2) is 40.7 Å².